The van der Waals surface area contributed by atoms with Crippen LogP contribution in [0.1, 0.15) is 37.7 Å². The minimum absolute atomic E-state index is 0.0900. The van der Waals surface area contributed by atoms with Crippen LogP contribution in [0.2, 0.25) is 0 Å². The highest BCUT2D eigenvalue weighted by atomic mass is 16.5. The average molecular weight is 301 g/mol. The monoisotopic (exact) mass is 301 g/mol. The summed E-state index contributed by atoms with van der Waals surface area (Å²) in [4.78, 5) is 12.3. The Labute approximate surface area is 131 Å². The van der Waals surface area contributed by atoms with Crippen LogP contribution < -0.4 is 10.1 Å². The summed E-state index contributed by atoms with van der Waals surface area (Å²) in [6, 6.07) is 9.60. The predicted molar refractivity (Wildman–Crippen MR) is 87.1 cm³/mol. The summed E-state index contributed by atoms with van der Waals surface area (Å²) in [6.07, 6.45) is 0.912. The van der Waals surface area contributed by atoms with Crippen molar-refractivity contribution in [3.8, 4) is 17.0 Å². The first-order chi connectivity index (χ1) is 10.6. The van der Waals surface area contributed by atoms with Crippen molar-refractivity contribution in [2.45, 2.75) is 39.8 Å². The third-order valence-electron chi connectivity index (χ3n) is 3.25. The minimum Gasteiger partial charge on any atom is -0.496 e. The zero-order valence-corrected chi connectivity index (χ0v) is 13.6. The Kier molecular flexibility index (Phi) is 5.20. The molecule has 0 aliphatic rings. The fourth-order valence-electron chi connectivity index (χ4n) is 2.31. The van der Waals surface area contributed by atoms with Crippen LogP contribution in [0, 0.1) is 0 Å². The molecule has 2 aromatic rings. The van der Waals surface area contributed by atoms with Crippen molar-refractivity contribution >= 4 is 5.91 Å². The topological polar surface area (TPSA) is 56.2 Å². The molecule has 0 spiro atoms. The second-order valence-electron chi connectivity index (χ2n) is 5.47. The molecule has 2 rings (SSSR count). The number of hydrogen-bond acceptors (Lipinski definition) is 3. The summed E-state index contributed by atoms with van der Waals surface area (Å²) in [7, 11) is 1.63. The maximum absolute atomic E-state index is 12.3. The third kappa shape index (κ3) is 3.47. The molecule has 1 amide bonds. The number of carbonyl (C=O) groups excluding carboxylic acids is 1. The van der Waals surface area contributed by atoms with Crippen LogP contribution in [0.3, 0.4) is 0 Å². The van der Waals surface area contributed by atoms with Gasteiger partial charge in [0.2, 0.25) is 0 Å². The maximum atomic E-state index is 12.3. The number of aryl methyl sites for hydroxylation is 1. The van der Waals surface area contributed by atoms with Gasteiger partial charge in [-0.2, -0.15) is 5.10 Å². The lowest BCUT2D eigenvalue weighted by molar-refractivity contribution is 0.0932. The summed E-state index contributed by atoms with van der Waals surface area (Å²) in [5.74, 6) is 0.650. The van der Waals surface area contributed by atoms with Crippen LogP contribution >= 0.6 is 0 Å². The lowest BCUT2D eigenvalue weighted by Gasteiger charge is -2.09. The molecule has 1 N–H and O–H groups in total. The number of aromatic nitrogens is 2. The first kappa shape index (κ1) is 16.1. The fraction of sp³-hybridized carbons (Fsp3) is 0.412. The second kappa shape index (κ2) is 7.11. The average Bonchev–Trinajstić information content (AvgIpc) is 2.91. The molecular weight excluding hydrogens is 278 g/mol. The number of nitrogens with one attached hydrogen (secondary N) is 1. The van der Waals surface area contributed by atoms with E-state index in [1.165, 1.54) is 0 Å². The summed E-state index contributed by atoms with van der Waals surface area (Å²) in [6.45, 7) is 6.66. The van der Waals surface area contributed by atoms with Crippen LogP contribution in [-0.4, -0.2) is 28.8 Å². The minimum atomic E-state index is -0.0999. The van der Waals surface area contributed by atoms with Crippen molar-refractivity contribution in [3.63, 3.8) is 0 Å². The van der Waals surface area contributed by atoms with Crippen molar-refractivity contribution in [1.82, 2.24) is 15.1 Å². The van der Waals surface area contributed by atoms with Gasteiger partial charge in [0, 0.05) is 18.2 Å². The number of ether oxygens (including phenoxy) is 1. The molecule has 1 aromatic heterocycles. The number of amides is 1. The normalized spacial score (nSPS) is 10.8. The van der Waals surface area contributed by atoms with Gasteiger partial charge in [0.05, 0.1) is 12.8 Å². The number of hydrogen-bond donors (Lipinski definition) is 1. The second-order valence-corrected chi connectivity index (χ2v) is 5.47. The Balaban J connectivity index is 2.44. The van der Waals surface area contributed by atoms with E-state index in [1.807, 2.05) is 44.2 Å². The summed E-state index contributed by atoms with van der Waals surface area (Å²) in [5.41, 5.74) is 2.22. The van der Waals surface area contributed by atoms with Crippen molar-refractivity contribution in [2.75, 3.05) is 7.11 Å². The Morgan fingerprint density at radius 3 is 2.73 bits per heavy atom. The van der Waals surface area contributed by atoms with E-state index in [2.05, 4.69) is 17.3 Å². The van der Waals surface area contributed by atoms with Gasteiger partial charge in [-0.3, -0.25) is 9.48 Å². The molecule has 0 unspecified atom stereocenters. The summed E-state index contributed by atoms with van der Waals surface area (Å²) in [5, 5.41) is 7.50. The quantitative estimate of drug-likeness (QED) is 0.892. The maximum Gasteiger partial charge on any atom is 0.269 e. The van der Waals surface area contributed by atoms with Crippen LogP contribution in [0.5, 0.6) is 5.75 Å². The molecule has 118 valence electrons. The molecule has 1 heterocycles. The van der Waals surface area contributed by atoms with Gasteiger partial charge < -0.3 is 10.1 Å². The lowest BCUT2D eigenvalue weighted by Crippen LogP contribution is -2.31. The first-order valence-corrected chi connectivity index (χ1v) is 7.59. The standard InChI is InChI=1S/C17H23N3O2/c1-5-10-20-15(17(21)18-12(2)3)11-14(19-20)13-8-6-7-9-16(13)22-4/h6-9,11-12H,5,10H2,1-4H3,(H,18,21). The molecule has 5 nitrogen and oxygen atoms in total. The number of nitrogens with zero attached hydrogens (tertiary/aromatic N) is 2. The zero-order valence-electron chi connectivity index (χ0n) is 13.6. The van der Waals surface area contributed by atoms with E-state index in [0.717, 1.165) is 23.4 Å². The highest BCUT2D eigenvalue weighted by Crippen LogP contribution is 2.29. The first-order valence-electron chi connectivity index (χ1n) is 7.59. The van der Waals surface area contributed by atoms with Gasteiger partial charge in [-0.1, -0.05) is 19.1 Å². The number of rotatable bonds is 6. The van der Waals surface area contributed by atoms with Crippen molar-refractivity contribution < 1.29 is 9.53 Å². The highest BCUT2D eigenvalue weighted by Gasteiger charge is 2.18. The molecule has 0 aliphatic carbocycles. The molecule has 22 heavy (non-hydrogen) atoms. The van der Waals surface area contributed by atoms with Gasteiger partial charge in [0.15, 0.2) is 0 Å². The third-order valence-corrected chi connectivity index (χ3v) is 3.25. The molecule has 0 aliphatic heterocycles. The Morgan fingerprint density at radius 1 is 1.36 bits per heavy atom. The molecule has 0 fully saturated rings. The van der Waals surface area contributed by atoms with Gasteiger partial charge >= 0.3 is 0 Å². The number of benzene rings is 1. The summed E-state index contributed by atoms with van der Waals surface area (Å²) >= 11 is 0. The smallest absolute Gasteiger partial charge is 0.269 e. The van der Waals surface area contributed by atoms with E-state index in [1.54, 1.807) is 11.8 Å². The van der Waals surface area contributed by atoms with Gasteiger partial charge in [0.25, 0.3) is 5.91 Å². The number of carbonyl (C=O) groups is 1. The van der Waals surface area contributed by atoms with Gasteiger partial charge in [0.1, 0.15) is 11.4 Å². The molecule has 1 aromatic carbocycles. The van der Waals surface area contributed by atoms with E-state index >= 15 is 0 Å². The van der Waals surface area contributed by atoms with Gasteiger partial charge in [-0.25, -0.2) is 0 Å². The van der Waals surface area contributed by atoms with E-state index in [-0.39, 0.29) is 11.9 Å². The van der Waals surface area contributed by atoms with Crippen LogP contribution in [0.4, 0.5) is 0 Å². The summed E-state index contributed by atoms with van der Waals surface area (Å²) < 4.78 is 7.15. The molecule has 5 heteroatoms. The van der Waals surface area contributed by atoms with Crippen LogP contribution in [-0.2, 0) is 6.54 Å². The van der Waals surface area contributed by atoms with Crippen LogP contribution in [0.25, 0.3) is 11.3 Å². The Bertz CT molecular complexity index is 647. The Morgan fingerprint density at radius 2 is 2.09 bits per heavy atom. The van der Waals surface area contributed by atoms with Crippen molar-refractivity contribution in [2.24, 2.45) is 0 Å². The Hall–Kier alpha value is -2.30. The SMILES string of the molecule is CCCn1nc(-c2ccccc2OC)cc1C(=O)NC(C)C. The van der Waals surface area contributed by atoms with Gasteiger partial charge in [-0.05, 0) is 38.5 Å². The molecule has 0 saturated heterocycles. The number of methoxy groups -OCH3 is 1. The largest absolute Gasteiger partial charge is 0.496 e. The van der Waals surface area contributed by atoms with Crippen molar-refractivity contribution in [1.29, 1.82) is 0 Å². The fourth-order valence-corrected chi connectivity index (χ4v) is 2.31. The predicted octanol–water partition coefficient (Wildman–Crippen LogP) is 3.11. The van der Waals surface area contributed by atoms with Gasteiger partial charge in [-0.15, -0.1) is 0 Å². The molecule has 0 radical (unpaired) electrons. The highest BCUT2D eigenvalue weighted by molar-refractivity contribution is 5.94. The van der Waals surface area contributed by atoms with E-state index in [0.29, 0.717) is 12.2 Å². The van der Waals surface area contributed by atoms with Crippen LogP contribution in [0.15, 0.2) is 30.3 Å². The van der Waals surface area contributed by atoms with E-state index in [9.17, 15) is 4.79 Å². The van der Waals surface area contributed by atoms with Crippen molar-refractivity contribution in [3.05, 3.63) is 36.0 Å². The molecular formula is C17H23N3O2. The molecule has 0 bridgehead atoms. The molecule has 0 atom stereocenters. The zero-order chi connectivity index (χ0) is 16.1. The number of para-hydroxylation sites is 1. The van der Waals surface area contributed by atoms with E-state index in [4.69, 9.17) is 4.74 Å². The van der Waals surface area contributed by atoms with E-state index < -0.39 is 0 Å². The molecule has 0 saturated carbocycles. The lowest BCUT2D eigenvalue weighted by atomic mass is 10.1.